The molecule has 0 atom stereocenters. The molecule has 0 bridgehead atoms. The van der Waals surface area contributed by atoms with E-state index in [1.54, 1.807) is 20.8 Å². The molecule has 0 aromatic carbocycles. The average Bonchev–Trinajstić information content (AvgIpc) is 2.41. The van der Waals surface area contributed by atoms with Crippen molar-refractivity contribution in [2.24, 2.45) is 23.3 Å². The molecule has 0 saturated heterocycles. The van der Waals surface area contributed by atoms with E-state index in [1.807, 2.05) is 20.8 Å². The molecule has 9 nitrogen and oxygen atoms in total. The van der Waals surface area contributed by atoms with Gasteiger partial charge in [-0.25, -0.2) is 9.59 Å². The molecule has 180 valence electrons. The van der Waals surface area contributed by atoms with E-state index in [2.05, 4.69) is 10.6 Å². The van der Waals surface area contributed by atoms with Crippen LogP contribution in [0.2, 0.25) is 0 Å². The van der Waals surface area contributed by atoms with Crippen molar-refractivity contribution in [1.82, 2.24) is 10.6 Å². The van der Waals surface area contributed by atoms with Crippen LogP contribution in [0.4, 0.5) is 9.59 Å². The first-order valence-corrected chi connectivity index (χ1v) is 10.5. The predicted molar refractivity (Wildman–Crippen MR) is 124 cm³/mol. The Labute approximate surface area is 191 Å². The van der Waals surface area contributed by atoms with Crippen molar-refractivity contribution in [3.05, 3.63) is 0 Å². The van der Waals surface area contributed by atoms with Crippen LogP contribution in [0.3, 0.4) is 0 Å². The van der Waals surface area contributed by atoms with Crippen LogP contribution in [-0.4, -0.2) is 46.4 Å². The number of hydrogen-bond acceptors (Lipinski definition) is 6. The van der Waals surface area contributed by atoms with E-state index in [4.69, 9.17) is 33.2 Å². The molecule has 31 heavy (non-hydrogen) atoms. The van der Waals surface area contributed by atoms with Crippen LogP contribution >= 0.6 is 12.2 Å². The number of thiocarbonyl (C=S) groups is 1. The minimum atomic E-state index is -0.489. The van der Waals surface area contributed by atoms with Gasteiger partial charge in [-0.1, -0.05) is 19.6 Å². The molecule has 0 aliphatic heterocycles. The van der Waals surface area contributed by atoms with Gasteiger partial charge in [0, 0.05) is 23.9 Å². The van der Waals surface area contributed by atoms with Gasteiger partial charge in [-0.3, -0.25) is 4.79 Å². The Hall–Kier alpha value is -2.10. The van der Waals surface area contributed by atoms with Gasteiger partial charge >= 0.3 is 12.2 Å². The maximum atomic E-state index is 11.3. The SMILES string of the molecule is C.CC(C)(C)OC(=O)NC1CC(C(N)=O)C1.CC(C)(C)OC(=O)NC1CC(C(N)=S)C1. The van der Waals surface area contributed by atoms with Crippen molar-refractivity contribution in [3.63, 3.8) is 0 Å². The lowest BCUT2D eigenvalue weighted by molar-refractivity contribution is -0.124. The molecule has 0 heterocycles. The number of amides is 3. The highest BCUT2D eigenvalue weighted by molar-refractivity contribution is 7.80. The molecular formula is C21H40N4O5S. The summed E-state index contributed by atoms with van der Waals surface area (Å²) in [5.74, 6) is -0.109. The lowest BCUT2D eigenvalue weighted by Gasteiger charge is -2.35. The number of carbonyl (C=O) groups is 3. The van der Waals surface area contributed by atoms with Crippen LogP contribution in [0.15, 0.2) is 0 Å². The molecule has 6 N–H and O–H groups in total. The Kier molecular flexibility index (Phi) is 10.7. The summed E-state index contributed by atoms with van der Waals surface area (Å²) in [5.41, 5.74) is 9.65. The molecule has 0 radical (unpaired) electrons. The van der Waals surface area contributed by atoms with Gasteiger partial charge in [-0.2, -0.15) is 0 Å². The van der Waals surface area contributed by atoms with Gasteiger partial charge in [0.2, 0.25) is 5.91 Å². The maximum Gasteiger partial charge on any atom is 0.407 e. The largest absolute Gasteiger partial charge is 0.444 e. The Morgan fingerprint density at radius 1 is 0.774 bits per heavy atom. The Morgan fingerprint density at radius 2 is 1.10 bits per heavy atom. The van der Waals surface area contributed by atoms with Crippen molar-refractivity contribution in [2.45, 2.75) is 97.9 Å². The van der Waals surface area contributed by atoms with Crippen LogP contribution in [0.25, 0.3) is 0 Å². The van der Waals surface area contributed by atoms with E-state index in [0.29, 0.717) is 17.8 Å². The van der Waals surface area contributed by atoms with Crippen molar-refractivity contribution in [2.75, 3.05) is 0 Å². The zero-order valence-electron chi connectivity index (χ0n) is 18.7. The molecule has 2 fully saturated rings. The van der Waals surface area contributed by atoms with Gasteiger partial charge in [0.1, 0.15) is 11.2 Å². The summed E-state index contributed by atoms with van der Waals surface area (Å²) in [6, 6.07) is 0.184. The highest BCUT2D eigenvalue weighted by atomic mass is 32.1. The monoisotopic (exact) mass is 460 g/mol. The number of primary amides is 1. The van der Waals surface area contributed by atoms with Gasteiger partial charge in [0.05, 0.1) is 4.99 Å². The lowest BCUT2D eigenvalue weighted by atomic mass is 9.80. The topological polar surface area (TPSA) is 146 Å². The highest BCUT2D eigenvalue weighted by Crippen LogP contribution is 2.28. The van der Waals surface area contributed by atoms with Crippen LogP contribution in [-0.2, 0) is 14.3 Å². The minimum Gasteiger partial charge on any atom is -0.444 e. The fraction of sp³-hybridized carbons (Fsp3) is 0.810. The molecule has 2 aliphatic carbocycles. The Morgan fingerprint density at radius 3 is 1.35 bits per heavy atom. The first kappa shape index (κ1) is 28.9. The van der Waals surface area contributed by atoms with E-state index < -0.39 is 17.3 Å². The quantitative estimate of drug-likeness (QED) is 0.472. The fourth-order valence-corrected chi connectivity index (χ4v) is 3.08. The molecule has 0 aromatic heterocycles. The fourth-order valence-electron chi connectivity index (χ4n) is 2.88. The molecule has 2 rings (SSSR count). The van der Waals surface area contributed by atoms with Gasteiger partial charge in [0.15, 0.2) is 0 Å². The van der Waals surface area contributed by atoms with Crippen molar-refractivity contribution in [3.8, 4) is 0 Å². The van der Waals surface area contributed by atoms with Crippen LogP contribution in [0, 0.1) is 11.8 Å². The second kappa shape index (κ2) is 11.5. The smallest absolute Gasteiger partial charge is 0.407 e. The third-order valence-corrected chi connectivity index (χ3v) is 4.86. The number of hydrogen-bond donors (Lipinski definition) is 4. The Bertz CT molecular complexity index is 589. The van der Waals surface area contributed by atoms with Crippen molar-refractivity contribution in [1.29, 1.82) is 0 Å². The van der Waals surface area contributed by atoms with Gasteiger partial charge in [-0.05, 0) is 67.2 Å². The minimum absolute atomic E-state index is 0. The number of alkyl carbamates (subject to hydrolysis) is 2. The second-order valence-electron chi connectivity index (χ2n) is 9.83. The predicted octanol–water partition coefficient (Wildman–Crippen LogP) is 2.99. The summed E-state index contributed by atoms with van der Waals surface area (Å²) in [5, 5.41) is 5.47. The normalized spacial score (nSPS) is 24.5. The molecule has 0 spiro atoms. The van der Waals surface area contributed by atoms with E-state index in [9.17, 15) is 14.4 Å². The summed E-state index contributed by atoms with van der Waals surface area (Å²) in [6.45, 7) is 10.9. The van der Waals surface area contributed by atoms with Crippen LogP contribution in [0.5, 0.6) is 0 Å². The summed E-state index contributed by atoms with van der Waals surface area (Å²) in [6.07, 6.45) is 2.09. The zero-order chi connectivity index (χ0) is 23.3. The lowest BCUT2D eigenvalue weighted by Crippen LogP contribution is -2.49. The summed E-state index contributed by atoms with van der Waals surface area (Å²) in [4.78, 5) is 33.9. The highest BCUT2D eigenvalue weighted by Gasteiger charge is 2.35. The van der Waals surface area contributed by atoms with Crippen molar-refractivity contribution < 1.29 is 23.9 Å². The number of nitrogens with two attached hydrogens (primary N) is 2. The van der Waals surface area contributed by atoms with Gasteiger partial charge in [0.25, 0.3) is 0 Å². The molecular weight excluding hydrogens is 420 g/mol. The molecule has 10 heteroatoms. The van der Waals surface area contributed by atoms with E-state index in [-0.39, 0.29) is 43.3 Å². The standard InChI is InChI=1S/C10H18N2O3.C10H18N2O2S.CH4/c1-10(2,3)15-9(14)12-7-4-6(5-7)8(11)13;1-10(2,3)14-9(13)12-7-4-6(5-7)8(11)15;/h6-7H,4-5H2,1-3H3,(H2,11,13)(H,12,14);6-7H,4-5H2,1-3H3,(H2,11,15)(H,12,13);1H4. The maximum absolute atomic E-state index is 11.3. The summed E-state index contributed by atoms with van der Waals surface area (Å²) < 4.78 is 10.2. The summed E-state index contributed by atoms with van der Waals surface area (Å²) >= 11 is 4.86. The average molecular weight is 461 g/mol. The Balaban J connectivity index is 0.000000562. The first-order valence-electron chi connectivity index (χ1n) is 10.1. The van der Waals surface area contributed by atoms with Gasteiger partial charge < -0.3 is 31.6 Å². The van der Waals surface area contributed by atoms with E-state index in [0.717, 1.165) is 12.8 Å². The summed E-state index contributed by atoms with van der Waals surface area (Å²) in [7, 11) is 0. The molecule has 0 aromatic rings. The third-order valence-electron chi connectivity index (χ3n) is 4.52. The molecule has 2 saturated carbocycles. The first-order chi connectivity index (χ1) is 13.6. The number of rotatable bonds is 4. The molecule has 0 unspecified atom stereocenters. The van der Waals surface area contributed by atoms with E-state index >= 15 is 0 Å². The third kappa shape index (κ3) is 11.8. The van der Waals surface area contributed by atoms with E-state index in [1.165, 1.54) is 0 Å². The molecule has 2 aliphatic rings. The zero-order valence-corrected chi connectivity index (χ0v) is 19.6. The van der Waals surface area contributed by atoms with Crippen LogP contribution in [0.1, 0.15) is 74.7 Å². The molecule has 3 amide bonds. The number of carbonyl (C=O) groups excluding carboxylic acids is 3. The van der Waals surface area contributed by atoms with Gasteiger partial charge in [-0.15, -0.1) is 0 Å². The van der Waals surface area contributed by atoms with Crippen molar-refractivity contribution >= 4 is 35.3 Å². The second-order valence-corrected chi connectivity index (χ2v) is 10.3. The van der Waals surface area contributed by atoms with Crippen LogP contribution < -0.4 is 22.1 Å². The number of ether oxygens (including phenoxy) is 2. The number of nitrogens with one attached hydrogen (secondary N) is 2.